The molecule has 6 nitrogen and oxygen atoms in total. The van der Waals surface area contributed by atoms with Crippen LogP contribution in [0, 0.1) is 0 Å². The highest BCUT2D eigenvalue weighted by Gasteiger charge is 2.23. The highest BCUT2D eigenvalue weighted by atomic mass is 16.5. The zero-order valence-corrected chi connectivity index (χ0v) is 22.2. The van der Waals surface area contributed by atoms with Crippen LogP contribution >= 0.6 is 0 Å². The molecule has 0 saturated heterocycles. The van der Waals surface area contributed by atoms with Crippen LogP contribution in [0.2, 0.25) is 0 Å². The topological polar surface area (TPSA) is 89.1 Å². The number of aromatic hydroxyl groups is 2. The Kier molecular flexibility index (Phi) is 8.51. The third-order valence-electron chi connectivity index (χ3n) is 6.21. The Balaban J connectivity index is 2.28. The Labute approximate surface area is 212 Å². The van der Waals surface area contributed by atoms with E-state index < -0.39 is 0 Å². The van der Waals surface area contributed by atoms with Crippen LogP contribution in [0.5, 0.6) is 23.0 Å². The summed E-state index contributed by atoms with van der Waals surface area (Å²) in [7, 11) is 3.06. The molecule has 2 aromatic carbocycles. The first-order valence-corrected chi connectivity index (χ1v) is 12.1. The average molecular weight is 493 g/mol. The number of benzene rings is 2. The fourth-order valence-electron chi connectivity index (χ4n) is 4.26. The molecule has 0 aliphatic carbocycles. The van der Waals surface area contributed by atoms with Crippen LogP contribution in [-0.4, -0.2) is 24.4 Å². The molecule has 36 heavy (non-hydrogen) atoms. The number of hydrogen-bond acceptors (Lipinski definition) is 6. The minimum atomic E-state index is -0.381. The fraction of sp³-hybridized carbons (Fsp3) is 0.367. The number of ether oxygens (including phenoxy) is 2. The monoisotopic (exact) mass is 492 g/mol. The Hall–Kier alpha value is -3.67. The van der Waals surface area contributed by atoms with Crippen LogP contribution in [0.25, 0.3) is 21.9 Å². The maximum atomic E-state index is 13.8. The third kappa shape index (κ3) is 5.59. The number of fused-ring (bicyclic) bond motifs is 2. The van der Waals surface area contributed by atoms with Crippen molar-refractivity contribution in [3.63, 3.8) is 0 Å². The molecule has 0 unspecified atom stereocenters. The highest BCUT2D eigenvalue weighted by Crippen LogP contribution is 2.41. The van der Waals surface area contributed by atoms with Crippen molar-refractivity contribution in [1.29, 1.82) is 0 Å². The van der Waals surface area contributed by atoms with Gasteiger partial charge in [0, 0.05) is 23.3 Å². The molecule has 0 radical (unpaired) electrons. The van der Waals surface area contributed by atoms with Crippen molar-refractivity contribution in [3.8, 4) is 23.0 Å². The SMILES string of the molecule is COc1cc2oc3cc(O)c(CC=C(C)C)c(O)c3c(=O)c2c(CC=C(C)CCC=C(C)C)c1OC. The largest absolute Gasteiger partial charge is 0.507 e. The van der Waals surface area contributed by atoms with Gasteiger partial charge in [-0.15, -0.1) is 0 Å². The Morgan fingerprint density at radius 1 is 0.861 bits per heavy atom. The Morgan fingerprint density at radius 2 is 1.50 bits per heavy atom. The van der Waals surface area contributed by atoms with Gasteiger partial charge in [0.1, 0.15) is 28.1 Å². The minimum absolute atomic E-state index is 0.0372. The lowest BCUT2D eigenvalue weighted by Gasteiger charge is -2.16. The lowest BCUT2D eigenvalue weighted by molar-refractivity contribution is 0.352. The van der Waals surface area contributed by atoms with Crippen LogP contribution in [0.4, 0.5) is 0 Å². The second kappa shape index (κ2) is 11.4. The summed E-state index contributed by atoms with van der Waals surface area (Å²) in [5.74, 6) is 0.489. The van der Waals surface area contributed by atoms with Gasteiger partial charge in [0.15, 0.2) is 11.5 Å². The van der Waals surface area contributed by atoms with E-state index in [1.54, 1.807) is 6.07 Å². The van der Waals surface area contributed by atoms with E-state index in [1.165, 1.54) is 31.4 Å². The fourth-order valence-corrected chi connectivity index (χ4v) is 4.26. The number of hydrogen-bond donors (Lipinski definition) is 2. The Bertz CT molecular complexity index is 1430. The molecule has 6 heteroatoms. The van der Waals surface area contributed by atoms with E-state index in [2.05, 4.69) is 32.9 Å². The third-order valence-corrected chi connectivity index (χ3v) is 6.21. The molecule has 192 valence electrons. The smallest absolute Gasteiger partial charge is 0.204 e. The molecule has 0 atom stereocenters. The Morgan fingerprint density at radius 3 is 2.11 bits per heavy atom. The van der Waals surface area contributed by atoms with Crippen molar-refractivity contribution in [3.05, 3.63) is 68.4 Å². The normalized spacial score (nSPS) is 11.6. The minimum Gasteiger partial charge on any atom is -0.507 e. The van der Waals surface area contributed by atoms with Gasteiger partial charge < -0.3 is 24.1 Å². The second-order valence-electron chi connectivity index (χ2n) is 9.55. The highest BCUT2D eigenvalue weighted by molar-refractivity contribution is 5.97. The van der Waals surface area contributed by atoms with Gasteiger partial charge in [0.2, 0.25) is 5.43 Å². The zero-order chi connectivity index (χ0) is 26.6. The van der Waals surface area contributed by atoms with Crippen LogP contribution in [0.15, 0.2) is 56.3 Å². The molecule has 0 aliphatic heterocycles. The predicted molar refractivity (Wildman–Crippen MR) is 146 cm³/mol. The zero-order valence-electron chi connectivity index (χ0n) is 22.2. The summed E-state index contributed by atoms with van der Waals surface area (Å²) in [6.45, 7) is 10.1. The number of methoxy groups -OCH3 is 2. The van der Waals surface area contributed by atoms with E-state index in [4.69, 9.17) is 13.9 Å². The van der Waals surface area contributed by atoms with E-state index >= 15 is 0 Å². The van der Waals surface area contributed by atoms with Crippen LogP contribution < -0.4 is 14.9 Å². The van der Waals surface area contributed by atoms with Gasteiger partial charge in [-0.3, -0.25) is 4.79 Å². The molecule has 0 aliphatic rings. The van der Waals surface area contributed by atoms with Gasteiger partial charge in [-0.05, 0) is 60.3 Å². The van der Waals surface area contributed by atoms with E-state index in [1.807, 2.05) is 19.9 Å². The van der Waals surface area contributed by atoms with E-state index in [0.29, 0.717) is 40.9 Å². The lowest BCUT2D eigenvalue weighted by Crippen LogP contribution is -2.09. The molecule has 0 spiro atoms. The second-order valence-corrected chi connectivity index (χ2v) is 9.55. The van der Waals surface area contributed by atoms with Crippen molar-refractivity contribution in [2.24, 2.45) is 0 Å². The van der Waals surface area contributed by atoms with Gasteiger partial charge in [-0.25, -0.2) is 0 Å². The summed E-state index contributed by atoms with van der Waals surface area (Å²) in [4.78, 5) is 13.8. The van der Waals surface area contributed by atoms with E-state index in [9.17, 15) is 15.0 Å². The number of phenols is 2. The molecule has 3 rings (SSSR count). The summed E-state index contributed by atoms with van der Waals surface area (Å²) in [6, 6.07) is 2.99. The van der Waals surface area contributed by atoms with Gasteiger partial charge in [-0.1, -0.05) is 34.9 Å². The molecule has 2 N–H and O–H groups in total. The van der Waals surface area contributed by atoms with Gasteiger partial charge in [0.05, 0.1) is 19.6 Å². The standard InChI is InChI=1S/C30H36O6/c1-17(2)9-8-10-19(5)12-14-21-26-24(16-25(34-6)30(21)35-7)36-23-15-22(31)20(13-11-18(3)4)28(32)27(23)29(26)33/h9,11-12,15-16,31-32H,8,10,13-14H2,1-7H3. The number of allylic oxidation sites excluding steroid dienone is 6. The van der Waals surface area contributed by atoms with Crippen molar-refractivity contribution in [1.82, 2.24) is 0 Å². The molecule has 0 amide bonds. The van der Waals surface area contributed by atoms with Gasteiger partial charge in [-0.2, -0.15) is 0 Å². The maximum absolute atomic E-state index is 13.8. The first kappa shape index (κ1) is 26.9. The average Bonchev–Trinajstić information content (AvgIpc) is 2.80. The van der Waals surface area contributed by atoms with Crippen LogP contribution in [0.1, 0.15) is 58.6 Å². The summed E-state index contributed by atoms with van der Waals surface area (Å²) < 4.78 is 17.3. The molecule has 3 aromatic rings. The molecule has 0 fully saturated rings. The summed E-state index contributed by atoms with van der Waals surface area (Å²) in [6.07, 6.45) is 8.73. The molecule has 1 heterocycles. The van der Waals surface area contributed by atoms with Crippen LogP contribution in [0.3, 0.4) is 0 Å². The van der Waals surface area contributed by atoms with Gasteiger partial charge >= 0.3 is 0 Å². The molecule has 1 aromatic heterocycles. The molecule has 0 bridgehead atoms. The first-order valence-electron chi connectivity index (χ1n) is 12.1. The van der Waals surface area contributed by atoms with E-state index in [0.717, 1.165) is 18.4 Å². The van der Waals surface area contributed by atoms with Gasteiger partial charge in [0.25, 0.3) is 0 Å². The van der Waals surface area contributed by atoms with Crippen molar-refractivity contribution in [2.45, 2.75) is 60.3 Å². The van der Waals surface area contributed by atoms with Crippen molar-refractivity contribution >= 4 is 21.9 Å². The predicted octanol–water partition coefficient (Wildman–Crippen LogP) is 7.12. The molecular weight excluding hydrogens is 456 g/mol. The summed E-state index contributed by atoms with van der Waals surface area (Å²) >= 11 is 0. The van der Waals surface area contributed by atoms with Crippen molar-refractivity contribution < 1.29 is 24.1 Å². The quantitative estimate of drug-likeness (QED) is 0.244. The first-order chi connectivity index (χ1) is 17.1. The lowest BCUT2D eigenvalue weighted by atomic mass is 9.98. The van der Waals surface area contributed by atoms with Crippen LogP contribution in [-0.2, 0) is 12.8 Å². The number of rotatable bonds is 9. The van der Waals surface area contributed by atoms with E-state index in [-0.39, 0.29) is 33.5 Å². The molecule has 0 saturated carbocycles. The molecular formula is C30H36O6. The summed E-state index contributed by atoms with van der Waals surface area (Å²) in [5, 5.41) is 21.9. The number of phenolic OH excluding ortho intramolecular Hbond substituents is 2. The van der Waals surface area contributed by atoms with Crippen molar-refractivity contribution in [2.75, 3.05) is 14.2 Å². The summed E-state index contributed by atoms with van der Waals surface area (Å²) in [5.41, 5.74) is 4.44. The maximum Gasteiger partial charge on any atom is 0.204 e.